The molecule has 0 unspecified atom stereocenters. The average Bonchev–Trinajstić information content (AvgIpc) is 3.05. The number of amides is 3. The van der Waals surface area contributed by atoms with Crippen LogP contribution in [-0.4, -0.2) is 58.2 Å². The number of aliphatic hydroxyl groups is 1. The smallest absolute Gasteiger partial charge is 0.393 e. The fourth-order valence-corrected chi connectivity index (χ4v) is 5.62. The lowest BCUT2D eigenvalue weighted by Crippen LogP contribution is -2.46. The molecule has 0 bridgehead atoms. The number of aliphatic hydroxyl groups excluding tert-OH is 1. The van der Waals surface area contributed by atoms with Gasteiger partial charge in [0.15, 0.2) is 0 Å². The normalized spacial score (nSPS) is 15.5. The zero-order chi connectivity index (χ0) is 33.5. The topological polar surface area (TPSA) is 127 Å². The Morgan fingerprint density at radius 3 is 2.43 bits per heavy atom. The number of piperidine rings is 1. The number of halogens is 3. The summed E-state index contributed by atoms with van der Waals surface area (Å²) in [5.74, 6) is 0.0161. The van der Waals surface area contributed by atoms with Crippen LogP contribution in [-0.2, 0) is 12.7 Å². The number of hydrogen-bond donors (Lipinski definition) is 3. The standard InChI is InChI=1S/C33H33F3N8O3/c1-19-4-6-24(39-30(46)21-12-23(33(34,35)36)14-26(13-21)43-10-8-27(45)9-11-43)15-28(19)44-18-22-16-38-31(41-29(22)42(3)32(44)47)40-25-7-5-20(2)37-17-25/h4-7,12-17,27,45H,8-11,18H2,1-3H3,(H,39,46)(H,38,40,41). The number of pyridine rings is 1. The van der Waals surface area contributed by atoms with Gasteiger partial charge in [0.25, 0.3) is 5.91 Å². The maximum Gasteiger partial charge on any atom is 0.416 e. The second kappa shape index (κ2) is 12.5. The molecule has 244 valence electrons. The van der Waals surface area contributed by atoms with Gasteiger partial charge in [-0.1, -0.05) is 6.07 Å². The molecule has 6 rings (SSSR count). The molecule has 0 aliphatic carbocycles. The molecule has 4 aromatic rings. The van der Waals surface area contributed by atoms with Crippen LogP contribution in [0.2, 0.25) is 0 Å². The number of alkyl halides is 3. The highest BCUT2D eigenvalue weighted by Gasteiger charge is 2.34. The minimum Gasteiger partial charge on any atom is -0.393 e. The van der Waals surface area contributed by atoms with Crippen molar-refractivity contribution in [2.45, 2.75) is 45.5 Å². The lowest BCUT2D eigenvalue weighted by atomic mass is 10.0. The quantitative estimate of drug-likeness (QED) is 0.232. The number of anilines is 6. The molecule has 4 heterocycles. The van der Waals surface area contributed by atoms with E-state index in [-0.39, 0.29) is 23.8 Å². The van der Waals surface area contributed by atoms with E-state index in [9.17, 15) is 27.9 Å². The Morgan fingerprint density at radius 1 is 0.979 bits per heavy atom. The Morgan fingerprint density at radius 2 is 1.72 bits per heavy atom. The third-order valence-corrected chi connectivity index (χ3v) is 8.27. The minimum atomic E-state index is -4.66. The molecular weight excluding hydrogens is 613 g/mol. The SMILES string of the molecule is Cc1ccc(Nc2ncc3c(n2)N(C)C(=O)N(c2cc(NC(=O)c4cc(N5CCC(O)CC5)cc(C(F)(F)F)c4)ccc2C)C3)cn1. The number of aromatic nitrogens is 3. The fourth-order valence-electron chi connectivity index (χ4n) is 5.62. The molecule has 2 aliphatic heterocycles. The van der Waals surface area contributed by atoms with Gasteiger partial charge in [0.05, 0.1) is 35.8 Å². The van der Waals surface area contributed by atoms with Crippen molar-refractivity contribution in [3.05, 3.63) is 88.9 Å². The van der Waals surface area contributed by atoms with Gasteiger partial charge in [0, 0.05) is 54.5 Å². The van der Waals surface area contributed by atoms with Crippen LogP contribution in [0, 0.1) is 13.8 Å². The van der Waals surface area contributed by atoms with E-state index in [0.717, 1.165) is 23.4 Å². The monoisotopic (exact) mass is 646 g/mol. The number of benzene rings is 2. The van der Waals surface area contributed by atoms with Crippen LogP contribution in [0.5, 0.6) is 0 Å². The Labute approximate surface area is 269 Å². The van der Waals surface area contributed by atoms with Gasteiger partial charge in [-0.3, -0.25) is 19.6 Å². The van der Waals surface area contributed by atoms with Gasteiger partial charge in [-0.15, -0.1) is 0 Å². The first-order chi connectivity index (χ1) is 22.4. The van der Waals surface area contributed by atoms with Gasteiger partial charge >= 0.3 is 12.2 Å². The molecule has 47 heavy (non-hydrogen) atoms. The van der Waals surface area contributed by atoms with Crippen molar-refractivity contribution in [3.8, 4) is 0 Å². The summed E-state index contributed by atoms with van der Waals surface area (Å²) >= 11 is 0. The summed E-state index contributed by atoms with van der Waals surface area (Å²) in [7, 11) is 1.60. The second-order valence-corrected chi connectivity index (χ2v) is 11.7. The molecular formula is C33H33F3N8O3. The predicted octanol–water partition coefficient (Wildman–Crippen LogP) is 6.04. The number of fused-ring (bicyclic) bond motifs is 1. The lowest BCUT2D eigenvalue weighted by Gasteiger charge is -2.35. The molecule has 3 N–H and O–H groups in total. The Hall–Kier alpha value is -5.24. The fraction of sp³-hybridized carbons (Fsp3) is 0.303. The van der Waals surface area contributed by atoms with E-state index >= 15 is 0 Å². The maximum absolute atomic E-state index is 13.8. The van der Waals surface area contributed by atoms with Crippen LogP contribution in [0.3, 0.4) is 0 Å². The van der Waals surface area contributed by atoms with Crippen LogP contribution in [0.4, 0.5) is 52.5 Å². The van der Waals surface area contributed by atoms with E-state index in [0.29, 0.717) is 60.3 Å². The molecule has 1 fully saturated rings. The molecule has 2 aliphatic rings. The summed E-state index contributed by atoms with van der Waals surface area (Å²) in [5.41, 5.74) is 2.98. The number of rotatable bonds is 6. The molecule has 1 saturated heterocycles. The largest absolute Gasteiger partial charge is 0.416 e. The van der Waals surface area contributed by atoms with Gasteiger partial charge in [0.1, 0.15) is 5.82 Å². The van der Waals surface area contributed by atoms with Crippen molar-refractivity contribution in [1.29, 1.82) is 0 Å². The van der Waals surface area contributed by atoms with Crippen molar-refractivity contribution in [3.63, 3.8) is 0 Å². The molecule has 2 aromatic carbocycles. The van der Waals surface area contributed by atoms with Gasteiger partial charge in [0.2, 0.25) is 5.95 Å². The summed E-state index contributed by atoms with van der Waals surface area (Å²) in [6.07, 6.45) is -1.01. The van der Waals surface area contributed by atoms with Crippen LogP contribution in [0.1, 0.15) is 45.6 Å². The maximum atomic E-state index is 13.8. The predicted molar refractivity (Wildman–Crippen MR) is 172 cm³/mol. The molecule has 11 nitrogen and oxygen atoms in total. The van der Waals surface area contributed by atoms with Gasteiger partial charge in [-0.25, -0.2) is 9.78 Å². The summed E-state index contributed by atoms with van der Waals surface area (Å²) < 4.78 is 41.5. The Bertz CT molecular complexity index is 1830. The van der Waals surface area contributed by atoms with Crippen molar-refractivity contribution < 1.29 is 27.9 Å². The highest BCUT2D eigenvalue weighted by molar-refractivity contribution is 6.07. The molecule has 0 radical (unpaired) electrons. The van der Waals surface area contributed by atoms with Crippen molar-refractivity contribution >= 4 is 46.5 Å². The number of nitrogens with one attached hydrogen (secondary N) is 2. The molecule has 3 amide bonds. The highest BCUT2D eigenvalue weighted by Crippen LogP contribution is 2.36. The summed E-state index contributed by atoms with van der Waals surface area (Å²) in [5, 5.41) is 15.6. The average molecular weight is 647 g/mol. The van der Waals surface area contributed by atoms with Crippen LogP contribution in [0.25, 0.3) is 0 Å². The number of carbonyl (C=O) groups excluding carboxylic acids is 2. The minimum absolute atomic E-state index is 0.157. The van der Waals surface area contributed by atoms with Gasteiger partial charge in [-0.2, -0.15) is 18.2 Å². The number of urea groups is 1. The number of hydrogen-bond acceptors (Lipinski definition) is 8. The van der Waals surface area contributed by atoms with E-state index in [4.69, 9.17) is 0 Å². The highest BCUT2D eigenvalue weighted by atomic mass is 19.4. The number of carbonyl (C=O) groups is 2. The first-order valence-electron chi connectivity index (χ1n) is 15.0. The van der Waals surface area contributed by atoms with Crippen molar-refractivity contribution in [1.82, 2.24) is 15.0 Å². The second-order valence-electron chi connectivity index (χ2n) is 11.7. The molecule has 2 aromatic heterocycles. The zero-order valence-electron chi connectivity index (χ0n) is 26.0. The first kappa shape index (κ1) is 31.7. The van der Waals surface area contributed by atoms with Crippen molar-refractivity contribution in [2.24, 2.45) is 0 Å². The van der Waals surface area contributed by atoms with Gasteiger partial charge in [-0.05, 0) is 74.7 Å². The third kappa shape index (κ3) is 6.82. The number of aryl methyl sites for hydroxylation is 2. The van der Waals surface area contributed by atoms with Crippen LogP contribution < -0.4 is 25.3 Å². The summed E-state index contributed by atoms with van der Waals surface area (Å²) in [6, 6.07) is 11.6. The molecule has 0 atom stereocenters. The third-order valence-electron chi connectivity index (χ3n) is 8.27. The van der Waals surface area contributed by atoms with Gasteiger partial charge < -0.3 is 20.6 Å². The summed E-state index contributed by atoms with van der Waals surface area (Å²) in [4.78, 5) is 44.8. The van der Waals surface area contributed by atoms with Crippen LogP contribution >= 0.6 is 0 Å². The van der Waals surface area contributed by atoms with E-state index in [2.05, 4.69) is 25.6 Å². The van der Waals surface area contributed by atoms with Crippen molar-refractivity contribution in [2.75, 3.05) is 45.5 Å². The van der Waals surface area contributed by atoms with E-state index < -0.39 is 23.8 Å². The zero-order valence-corrected chi connectivity index (χ0v) is 26.0. The first-order valence-corrected chi connectivity index (χ1v) is 15.0. The van der Waals surface area contributed by atoms with Crippen LogP contribution in [0.15, 0.2) is 60.9 Å². The van der Waals surface area contributed by atoms with E-state index in [1.165, 1.54) is 15.9 Å². The van der Waals surface area contributed by atoms with E-state index in [1.54, 1.807) is 42.5 Å². The number of nitrogens with zero attached hydrogens (tertiary/aromatic N) is 6. The molecule has 14 heteroatoms. The molecule has 0 spiro atoms. The Balaban J connectivity index is 1.23. The molecule has 0 saturated carbocycles. The van der Waals surface area contributed by atoms with E-state index in [1.807, 2.05) is 26.0 Å². The summed E-state index contributed by atoms with van der Waals surface area (Å²) in [6.45, 7) is 4.60. The lowest BCUT2D eigenvalue weighted by molar-refractivity contribution is -0.137. The Kier molecular flexibility index (Phi) is 8.45.